The molecule has 3 rings (SSSR count). The fourth-order valence-electron chi connectivity index (χ4n) is 2.18. The van der Waals surface area contributed by atoms with Crippen molar-refractivity contribution in [2.24, 2.45) is 5.10 Å². The molecule has 3 aromatic carbocycles. The number of hydrogen-bond donors (Lipinski definition) is 1. The molecule has 3 aromatic rings. The van der Waals surface area contributed by atoms with E-state index < -0.39 is 0 Å². The van der Waals surface area contributed by atoms with Crippen molar-refractivity contribution in [1.29, 1.82) is 0 Å². The minimum Gasteiger partial charge on any atom is -0.457 e. The molecule has 0 aliphatic rings. The normalized spacial score (nSPS) is 10.8. The average Bonchev–Trinajstić information content (AvgIpc) is 2.57. The van der Waals surface area contributed by atoms with Gasteiger partial charge >= 0.3 is 0 Å². The van der Waals surface area contributed by atoms with Crippen molar-refractivity contribution in [2.45, 2.75) is 6.92 Å². The minimum absolute atomic E-state index is 0.674. The van der Waals surface area contributed by atoms with Gasteiger partial charge in [-0.1, -0.05) is 29.8 Å². The Labute approximate surface area is 146 Å². The highest BCUT2D eigenvalue weighted by Gasteiger charge is 1.98. The van der Waals surface area contributed by atoms with E-state index in [1.54, 1.807) is 6.21 Å². The fraction of sp³-hybridized carbons (Fsp3) is 0.0500. The zero-order valence-corrected chi connectivity index (χ0v) is 14.0. The molecule has 3 nitrogen and oxygen atoms in total. The molecule has 120 valence electrons. The smallest absolute Gasteiger partial charge is 0.127 e. The lowest BCUT2D eigenvalue weighted by molar-refractivity contribution is 0.482. The first kappa shape index (κ1) is 16.1. The van der Waals surface area contributed by atoms with Crippen LogP contribution >= 0.6 is 11.6 Å². The summed E-state index contributed by atoms with van der Waals surface area (Å²) in [5.41, 5.74) is 5.94. The number of anilines is 1. The van der Waals surface area contributed by atoms with E-state index in [4.69, 9.17) is 16.3 Å². The van der Waals surface area contributed by atoms with Crippen molar-refractivity contribution >= 4 is 23.5 Å². The molecule has 0 unspecified atom stereocenters. The Morgan fingerprint density at radius 2 is 1.71 bits per heavy atom. The Hall–Kier alpha value is -2.78. The molecular formula is C20H17ClN2O. The highest BCUT2D eigenvalue weighted by Crippen LogP contribution is 2.22. The predicted molar refractivity (Wildman–Crippen MR) is 100 cm³/mol. The van der Waals surface area contributed by atoms with Crippen LogP contribution in [0.4, 0.5) is 5.69 Å². The first-order valence-corrected chi connectivity index (χ1v) is 7.96. The largest absolute Gasteiger partial charge is 0.457 e. The van der Waals surface area contributed by atoms with Crippen LogP contribution in [-0.2, 0) is 0 Å². The van der Waals surface area contributed by atoms with E-state index in [1.165, 1.54) is 5.56 Å². The Morgan fingerprint density at radius 3 is 2.46 bits per heavy atom. The number of ether oxygens (including phenoxy) is 1. The Bertz CT molecular complexity index is 844. The lowest BCUT2D eigenvalue weighted by Gasteiger charge is -2.06. The number of nitrogens with one attached hydrogen (secondary N) is 1. The lowest BCUT2D eigenvalue weighted by atomic mass is 10.2. The van der Waals surface area contributed by atoms with E-state index >= 15 is 0 Å². The van der Waals surface area contributed by atoms with Crippen LogP contribution in [0.25, 0.3) is 0 Å². The average molecular weight is 337 g/mol. The van der Waals surface area contributed by atoms with Crippen molar-refractivity contribution in [3.63, 3.8) is 0 Å². The summed E-state index contributed by atoms with van der Waals surface area (Å²) >= 11 is 5.93. The highest BCUT2D eigenvalue weighted by atomic mass is 35.5. The molecule has 0 aliphatic carbocycles. The maximum absolute atomic E-state index is 5.93. The van der Waals surface area contributed by atoms with Crippen LogP contribution in [0.3, 0.4) is 0 Å². The monoisotopic (exact) mass is 336 g/mol. The van der Waals surface area contributed by atoms with Crippen LogP contribution in [0.15, 0.2) is 77.9 Å². The summed E-state index contributed by atoms with van der Waals surface area (Å²) in [4.78, 5) is 0. The van der Waals surface area contributed by atoms with E-state index in [0.29, 0.717) is 5.02 Å². The zero-order chi connectivity index (χ0) is 16.8. The molecule has 0 radical (unpaired) electrons. The number of nitrogens with zero attached hydrogens (tertiary/aromatic N) is 1. The van der Waals surface area contributed by atoms with Crippen molar-refractivity contribution < 1.29 is 4.74 Å². The summed E-state index contributed by atoms with van der Waals surface area (Å²) in [7, 11) is 0. The third-order valence-corrected chi connectivity index (χ3v) is 3.57. The maximum atomic E-state index is 5.93. The first-order chi connectivity index (χ1) is 11.7. The molecule has 0 spiro atoms. The number of hydrogen-bond acceptors (Lipinski definition) is 3. The summed E-state index contributed by atoms with van der Waals surface area (Å²) in [6.07, 6.45) is 1.75. The van der Waals surface area contributed by atoms with Crippen LogP contribution in [0.1, 0.15) is 11.1 Å². The number of aryl methyl sites for hydroxylation is 1. The first-order valence-electron chi connectivity index (χ1n) is 7.58. The van der Waals surface area contributed by atoms with Crippen molar-refractivity contribution in [1.82, 2.24) is 0 Å². The molecule has 0 aliphatic heterocycles. The Kier molecular flexibility index (Phi) is 5.14. The minimum atomic E-state index is 0.674. The van der Waals surface area contributed by atoms with Gasteiger partial charge in [0.25, 0.3) is 0 Å². The standard InChI is InChI=1S/C20H17ClN2O/c1-15-4-2-7-20(12-15)24-19-10-8-16(9-11-19)14-22-23-18-6-3-5-17(21)13-18/h2-14,23H,1H3. The van der Waals surface area contributed by atoms with Crippen molar-refractivity contribution in [2.75, 3.05) is 5.43 Å². The number of hydrazone groups is 1. The highest BCUT2D eigenvalue weighted by molar-refractivity contribution is 6.30. The SMILES string of the molecule is Cc1cccc(Oc2ccc(C=NNc3cccc(Cl)c3)cc2)c1. The van der Waals surface area contributed by atoms with Crippen LogP contribution in [0, 0.1) is 6.92 Å². The molecule has 0 aromatic heterocycles. The van der Waals surface area contributed by atoms with Gasteiger partial charge < -0.3 is 4.74 Å². The summed E-state index contributed by atoms with van der Waals surface area (Å²) in [6.45, 7) is 2.04. The second kappa shape index (κ2) is 7.66. The molecule has 4 heteroatoms. The summed E-state index contributed by atoms with van der Waals surface area (Å²) in [5, 5.41) is 4.88. The van der Waals surface area contributed by atoms with Crippen LogP contribution < -0.4 is 10.2 Å². The van der Waals surface area contributed by atoms with E-state index in [2.05, 4.69) is 10.5 Å². The van der Waals surface area contributed by atoms with Crippen LogP contribution in [-0.4, -0.2) is 6.21 Å². The molecule has 0 saturated carbocycles. The summed E-state index contributed by atoms with van der Waals surface area (Å²) in [5.74, 6) is 1.62. The molecule has 0 bridgehead atoms. The van der Waals surface area contributed by atoms with Gasteiger partial charge in [-0.2, -0.15) is 5.10 Å². The third kappa shape index (κ3) is 4.61. The second-order valence-electron chi connectivity index (χ2n) is 5.37. The van der Waals surface area contributed by atoms with Gasteiger partial charge in [-0.05, 0) is 72.6 Å². The second-order valence-corrected chi connectivity index (χ2v) is 5.80. The van der Waals surface area contributed by atoms with Crippen LogP contribution in [0.5, 0.6) is 11.5 Å². The molecule has 0 saturated heterocycles. The lowest BCUT2D eigenvalue weighted by Crippen LogP contribution is -1.91. The number of rotatable bonds is 5. The quantitative estimate of drug-likeness (QED) is 0.465. The molecule has 0 amide bonds. The van der Waals surface area contributed by atoms with E-state index in [0.717, 1.165) is 22.7 Å². The maximum Gasteiger partial charge on any atom is 0.127 e. The van der Waals surface area contributed by atoms with Gasteiger partial charge in [-0.3, -0.25) is 5.43 Å². The molecule has 0 heterocycles. The van der Waals surface area contributed by atoms with E-state index in [1.807, 2.05) is 79.7 Å². The number of benzene rings is 3. The van der Waals surface area contributed by atoms with Crippen molar-refractivity contribution in [3.8, 4) is 11.5 Å². The van der Waals surface area contributed by atoms with Gasteiger partial charge in [0.1, 0.15) is 11.5 Å². The zero-order valence-electron chi connectivity index (χ0n) is 13.2. The van der Waals surface area contributed by atoms with E-state index in [-0.39, 0.29) is 0 Å². The van der Waals surface area contributed by atoms with Gasteiger partial charge in [0.15, 0.2) is 0 Å². The topological polar surface area (TPSA) is 33.6 Å². The molecule has 1 N–H and O–H groups in total. The Morgan fingerprint density at radius 1 is 0.917 bits per heavy atom. The molecular weight excluding hydrogens is 320 g/mol. The summed E-state index contributed by atoms with van der Waals surface area (Å²) < 4.78 is 5.83. The molecule has 0 atom stereocenters. The predicted octanol–water partition coefficient (Wildman–Crippen LogP) is 5.89. The number of halogens is 1. The van der Waals surface area contributed by atoms with Gasteiger partial charge in [0.2, 0.25) is 0 Å². The molecule has 0 fully saturated rings. The van der Waals surface area contributed by atoms with Gasteiger partial charge in [-0.25, -0.2) is 0 Å². The van der Waals surface area contributed by atoms with E-state index in [9.17, 15) is 0 Å². The third-order valence-electron chi connectivity index (χ3n) is 3.34. The van der Waals surface area contributed by atoms with Crippen molar-refractivity contribution in [3.05, 3.63) is 88.9 Å². The van der Waals surface area contributed by atoms with Gasteiger partial charge in [0, 0.05) is 5.02 Å². The molecule has 24 heavy (non-hydrogen) atoms. The van der Waals surface area contributed by atoms with Gasteiger partial charge in [0.05, 0.1) is 11.9 Å². The van der Waals surface area contributed by atoms with Crippen LogP contribution in [0.2, 0.25) is 5.02 Å². The fourth-order valence-corrected chi connectivity index (χ4v) is 2.37. The van der Waals surface area contributed by atoms with Gasteiger partial charge in [-0.15, -0.1) is 0 Å². The Balaban J connectivity index is 1.61. The summed E-state index contributed by atoms with van der Waals surface area (Å²) in [6, 6.07) is 23.1.